The first-order chi connectivity index (χ1) is 12.7. The van der Waals surface area contributed by atoms with E-state index in [9.17, 15) is 5.11 Å². The Morgan fingerprint density at radius 3 is 2.31 bits per heavy atom. The molecule has 2 rings (SSSR count). The molecule has 0 spiro atoms. The summed E-state index contributed by atoms with van der Waals surface area (Å²) in [7, 11) is 0. The SMILES string of the molecule is CC[C@@H](O)CN(CCO)CCCc1ccc(COc2ccccc2)cc1. The van der Waals surface area contributed by atoms with Gasteiger partial charge >= 0.3 is 0 Å². The normalized spacial score (nSPS) is 12.3. The Hall–Kier alpha value is -1.88. The lowest BCUT2D eigenvalue weighted by atomic mass is 10.1. The molecule has 0 aliphatic rings. The van der Waals surface area contributed by atoms with Gasteiger partial charge in [-0.3, -0.25) is 4.90 Å². The van der Waals surface area contributed by atoms with Crippen molar-refractivity contribution in [2.75, 3.05) is 26.2 Å². The largest absolute Gasteiger partial charge is 0.489 e. The minimum atomic E-state index is -0.314. The molecule has 0 heterocycles. The third-order valence-corrected chi connectivity index (χ3v) is 4.47. The van der Waals surface area contributed by atoms with Gasteiger partial charge in [0.1, 0.15) is 12.4 Å². The summed E-state index contributed by atoms with van der Waals surface area (Å²) in [5.74, 6) is 0.884. The van der Waals surface area contributed by atoms with E-state index >= 15 is 0 Å². The van der Waals surface area contributed by atoms with E-state index in [1.54, 1.807) is 0 Å². The highest BCUT2D eigenvalue weighted by atomic mass is 16.5. The topological polar surface area (TPSA) is 52.9 Å². The molecule has 2 N–H and O–H groups in total. The van der Waals surface area contributed by atoms with Crippen LogP contribution in [0.2, 0.25) is 0 Å². The molecule has 4 heteroatoms. The standard InChI is InChI=1S/C22H31NO3/c1-2-21(25)17-23(15-16-24)14-6-7-19-10-12-20(13-11-19)18-26-22-8-4-3-5-9-22/h3-5,8-13,21,24-25H,2,6-7,14-18H2,1H3/t21-/m1/s1. The molecular formula is C22H31NO3. The fraction of sp³-hybridized carbons (Fsp3) is 0.455. The molecule has 2 aromatic carbocycles. The molecule has 0 amide bonds. The fourth-order valence-electron chi connectivity index (χ4n) is 2.86. The van der Waals surface area contributed by atoms with Crippen LogP contribution in [0.5, 0.6) is 5.75 Å². The first kappa shape index (κ1) is 20.4. The lowest BCUT2D eigenvalue weighted by Gasteiger charge is -2.23. The number of ether oxygens (including phenoxy) is 1. The predicted molar refractivity (Wildman–Crippen MR) is 105 cm³/mol. The zero-order valence-electron chi connectivity index (χ0n) is 15.7. The number of aryl methyl sites for hydroxylation is 1. The lowest BCUT2D eigenvalue weighted by molar-refractivity contribution is 0.0963. The molecule has 4 nitrogen and oxygen atoms in total. The van der Waals surface area contributed by atoms with E-state index in [4.69, 9.17) is 9.84 Å². The Bertz CT molecular complexity index is 601. The van der Waals surface area contributed by atoms with Crippen LogP contribution in [0.3, 0.4) is 0 Å². The molecule has 0 fully saturated rings. The second-order valence-corrected chi connectivity index (χ2v) is 6.61. The Kier molecular flexibility index (Phi) is 9.18. The van der Waals surface area contributed by atoms with Gasteiger partial charge in [0.25, 0.3) is 0 Å². The molecule has 2 aromatic rings. The average molecular weight is 357 g/mol. The second kappa shape index (κ2) is 11.7. The van der Waals surface area contributed by atoms with Gasteiger partial charge in [-0.05, 0) is 49.1 Å². The van der Waals surface area contributed by atoms with Gasteiger partial charge in [0.15, 0.2) is 0 Å². The maximum Gasteiger partial charge on any atom is 0.119 e. The van der Waals surface area contributed by atoms with Crippen LogP contribution < -0.4 is 4.74 Å². The van der Waals surface area contributed by atoms with Gasteiger partial charge in [-0.25, -0.2) is 0 Å². The van der Waals surface area contributed by atoms with Crippen LogP contribution in [-0.4, -0.2) is 47.5 Å². The summed E-state index contributed by atoms with van der Waals surface area (Å²) in [6.07, 6.45) is 2.43. The minimum Gasteiger partial charge on any atom is -0.489 e. The molecule has 0 aromatic heterocycles. The number of aliphatic hydroxyl groups is 2. The molecule has 0 aliphatic carbocycles. The molecule has 0 saturated carbocycles. The van der Waals surface area contributed by atoms with Crippen molar-refractivity contribution in [3.05, 3.63) is 65.7 Å². The first-order valence-electron chi connectivity index (χ1n) is 9.48. The molecule has 26 heavy (non-hydrogen) atoms. The van der Waals surface area contributed by atoms with Crippen LogP contribution in [-0.2, 0) is 13.0 Å². The van der Waals surface area contributed by atoms with Crippen molar-refractivity contribution in [1.82, 2.24) is 4.90 Å². The van der Waals surface area contributed by atoms with Gasteiger partial charge in [-0.15, -0.1) is 0 Å². The van der Waals surface area contributed by atoms with Crippen LogP contribution in [0.15, 0.2) is 54.6 Å². The highest BCUT2D eigenvalue weighted by Crippen LogP contribution is 2.13. The van der Waals surface area contributed by atoms with Crippen LogP contribution in [0.1, 0.15) is 30.9 Å². The summed E-state index contributed by atoms with van der Waals surface area (Å²) in [5, 5.41) is 19.0. The van der Waals surface area contributed by atoms with E-state index in [0.29, 0.717) is 19.7 Å². The Balaban J connectivity index is 1.74. The van der Waals surface area contributed by atoms with Gasteiger partial charge in [0.2, 0.25) is 0 Å². The predicted octanol–water partition coefficient (Wildman–Crippen LogP) is 3.26. The van der Waals surface area contributed by atoms with Crippen molar-refractivity contribution in [3.63, 3.8) is 0 Å². The monoisotopic (exact) mass is 357 g/mol. The molecule has 0 radical (unpaired) electrons. The maximum atomic E-state index is 9.80. The average Bonchev–Trinajstić information content (AvgIpc) is 2.68. The van der Waals surface area contributed by atoms with Gasteiger partial charge < -0.3 is 14.9 Å². The minimum absolute atomic E-state index is 0.131. The molecule has 0 bridgehead atoms. The van der Waals surface area contributed by atoms with Crippen molar-refractivity contribution in [2.24, 2.45) is 0 Å². The zero-order valence-corrected chi connectivity index (χ0v) is 15.7. The smallest absolute Gasteiger partial charge is 0.119 e. The van der Waals surface area contributed by atoms with Crippen molar-refractivity contribution in [2.45, 2.75) is 38.9 Å². The van der Waals surface area contributed by atoms with E-state index in [1.807, 2.05) is 37.3 Å². The fourth-order valence-corrected chi connectivity index (χ4v) is 2.86. The van der Waals surface area contributed by atoms with Crippen molar-refractivity contribution >= 4 is 0 Å². The van der Waals surface area contributed by atoms with Crippen molar-refractivity contribution in [3.8, 4) is 5.75 Å². The summed E-state index contributed by atoms with van der Waals surface area (Å²) in [5.41, 5.74) is 2.46. The summed E-state index contributed by atoms with van der Waals surface area (Å²) in [6.45, 7) is 4.82. The van der Waals surface area contributed by atoms with E-state index in [0.717, 1.165) is 37.1 Å². The third-order valence-electron chi connectivity index (χ3n) is 4.47. The van der Waals surface area contributed by atoms with E-state index < -0.39 is 0 Å². The van der Waals surface area contributed by atoms with E-state index in [1.165, 1.54) is 5.56 Å². The molecular weight excluding hydrogens is 326 g/mol. The Labute approximate surface area is 157 Å². The Morgan fingerprint density at radius 2 is 1.65 bits per heavy atom. The van der Waals surface area contributed by atoms with Gasteiger partial charge in [-0.1, -0.05) is 49.4 Å². The van der Waals surface area contributed by atoms with Crippen molar-refractivity contribution in [1.29, 1.82) is 0 Å². The number of aliphatic hydroxyl groups excluding tert-OH is 2. The second-order valence-electron chi connectivity index (χ2n) is 6.61. The maximum absolute atomic E-state index is 9.80. The quantitative estimate of drug-likeness (QED) is 0.612. The lowest BCUT2D eigenvalue weighted by Crippen LogP contribution is -2.35. The van der Waals surface area contributed by atoms with E-state index in [-0.39, 0.29) is 12.7 Å². The summed E-state index contributed by atoms with van der Waals surface area (Å²) in [6, 6.07) is 18.4. The van der Waals surface area contributed by atoms with Crippen LogP contribution in [0, 0.1) is 0 Å². The number of hydrogen-bond donors (Lipinski definition) is 2. The highest BCUT2D eigenvalue weighted by molar-refractivity contribution is 5.24. The number of benzene rings is 2. The molecule has 0 unspecified atom stereocenters. The number of para-hydroxylation sites is 1. The highest BCUT2D eigenvalue weighted by Gasteiger charge is 2.09. The first-order valence-corrected chi connectivity index (χ1v) is 9.48. The number of nitrogens with zero attached hydrogens (tertiary/aromatic N) is 1. The molecule has 1 atom stereocenters. The molecule has 0 saturated heterocycles. The zero-order chi connectivity index (χ0) is 18.6. The Morgan fingerprint density at radius 1 is 0.962 bits per heavy atom. The number of hydrogen-bond acceptors (Lipinski definition) is 4. The summed E-state index contributed by atoms with van der Waals surface area (Å²) < 4.78 is 5.76. The van der Waals surface area contributed by atoms with Crippen LogP contribution in [0.4, 0.5) is 0 Å². The summed E-state index contributed by atoms with van der Waals surface area (Å²) >= 11 is 0. The molecule has 142 valence electrons. The van der Waals surface area contributed by atoms with Gasteiger partial charge in [0.05, 0.1) is 12.7 Å². The number of rotatable bonds is 12. The van der Waals surface area contributed by atoms with Crippen LogP contribution >= 0.6 is 0 Å². The van der Waals surface area contributed by atoms with Crippen molar-refractivity contribution < 1.29 is 14.9 Å². The summed E-state index contributed by atoms with van der Waals surface area (Å²) in [4.78, 5) is 2.14. The molecule has 0 aliphatic heterocycles. The third kappa shape index (κ3) is 7.56. The van der Waals surface area contributed by atoms with E-state index in [2.05, 4.69) is 29.2 Å². The van der Waals surface area contributed by atoms with Crippen LogP contribution in [0.25, 0.3) is 0 Å². The van der Waals surface area contributed by atoms with Gasteiger partial charge in [0, 0.05) is 13.1 Å². The van der Waals surface area contributed by atoms with Gasteiger partial charge in [-0.2, -0.15) is 0 Å².